The Bertz CT molecular complexity index is 746. The van der Waals surface area contributed by atoms with Crippen molar-refractivity contribution in [3.63, 3.8) is 0 Å². The van der Waals surface area contributed by atoms with Crippen molar-refractivity contribution < 1.29 is 9.53 Å². The van der Waals surface area contributed by atoms with E-state index in [1.165, 1.54) is 11.8 Å². The van der Waals surface area contributed by atoms with Gasteiger partial charge in [-0.15, -0.1) is 10.2 Å². The molecule has 1 saturated heterocycles. The Labute approximate surface area is 152 Å². The lowest BCUT2D eigenvalue weighted by Crippen LogP contribution is -2.46. The number of carbonyl (C=O) groups excluding carboxylic acids is 1. The number of amides is 1. The fourth-order valence-electron chi connectivity index (χ4n) is 2.91. The molecular weight excluding hydrogens is 336 g/mol. The first kappa shape index (κ1) is 17.9. The summed E-state index contributed by atoms with van der Waals surface area (Å²) >= 11 is 1.44. The Morgan fingerprint density at radius 3 is 2.92 bits per heavy atom. The molecule has 0 aliphatic carbocycles. The molecule has 1 fully saturated rings. The Morgan fingerprint density at radius 1 is 1.36 bits per heavy atom. The molecule has 0 radical (unpaired) electrons. The van der Waals surface area contributed by atoms with Crippen LogP contribution < -0.4 is 0 Å². The van der Waals surface area contributed by atoms with Crippen molar-refractivity contribution in [2.45, 2.75) is 31.5 Å². The molecule has 6 nitrogen and oxygen atoms in total. The number of rotatable bonds is 5. The van der Waals surface area contributed by atoms with Crippen LogP contribution in [0.1, 0.15) is 18.9 Å². The van der Waals surface area contributed by atoms with Crippen LogP contribution in [0.5, 0.6) is 0 Å². The van der Waals surface area contributed by atoms with Crippen LogP contribution in [0, 0.1) is 6.92 Å². The minimum atomic E-state index is 0.132. The van der Waals surface area contributed by atoms with Gasteiger partial charge in [0.15, 0.2) is 11.0 Å². The van der Waals surface area contributed by atoms with Gasteiger partial charge in [0.1, 0.15) is 0 Å². The van der Waals surface area contributed by atoms with E-state index >= 15 is 0 Å². The molecule has 1 aromatic heterocycles. The number of morpholine rings is 1. The Morgan fingerprint density at radius 2 is 2.16 bits per heavy atom. The van der Waals surface area contributed by atoms with Gasteiger partial charge in [0.25, 0.3) is 0 Å². The summed E-state index contributed by atoms with van der Waals surface area (Å²) in [5, 5.41) is 9.33. The van der Waals surface area contributed by atoms with Crippen molar-refractivity contribution in [1.29, 1.82) is 0 Å². The van der Waals surface area contributed by atoms with Crippen LogP contribution in [0.3, 0.4) is 0 Å². The van der Waals surface area contributed by atoms with E-state index in [0.717, 1.165) is 28.5 Å². The predicted octanol–water partition coefficient (Wildman–Crippen LogP) is 2.52. The minimum absolute atomic E-state index is 0.132. The maximum absolute atomic E-state index is 12.5. The summed E-state index contributed by atoms with van der Waals surface area (Å²) in [7, 11) is 1.94. The zero-order chi connectivity index (χ0) is 17.8. The second-order valence-corrected chi connectivity index (χ2v) is 7.15. The van der Waals surface area contributed by atoms with Gasteiger partial charge in [-0.2, -0.15) is 0 Å². The molecule has 1 atom stereocenters. The normalized spacial score (nSPS) is 17.7. The third kappa shape index (κ3) is 4.04. The molecule has 0 N–H and O–H groups in total. The molecule has 1 aliphatic heterocycles. The van der Waals surface area contributed by atoms with Gasteiger partial charge in [0.2, 0.25) is 5.91 Å². The first-order chi connectivity index (χ1) is 12.1. The third-order valence-electron chi connectivity index (χ3n) is 4.49. The molecular formula is C18H24N4O2S. The molecule has 3 rings (SSSR count). The summed E-state index contributed by atoms with van der Waals surface area (Å²) in [5.41, 5.74) is 2.22. The van der Waals surface area contributed by atoms with Crippen molar-refractivity contribution in [1.82, 2.24) is 19.7 Å². The summed E-state index contributed by atoms with van der Waals surface area (Å²) in [5.74, 6) is 1.33. The van der Waals surface area contributed by atoms with Gasteiger partial charge in [-0.05, 0) is 18.9 Å². The van der Waals surface area contributed by atoms with E-state index in [0.29, 0.717) is 25.4 Å². The van der Waals surface area contributed by atoms with Gasteiger partial charge in [-0.25, -0.2) is 0 Å². The highest BCUT2D eigenvalue weighted by atomic mass is 32.2. The van der Waals surface area contributed by atoms with Gasteiger partial charge in [-0.1, -0.05) is 43.0 Å². The first-order valence-electron chi connectivity index (χ1n) is 8.57. The van der Waals surface area contributed by atoms with E-state index in [1.807, 2.05) is 34.7 Å². The molecule has 2 aromatic rings. The van der Waals surface area contributed by atoms with Crippen LogP contribution >= 0.6 is 11.8 Å². The van der Waals surface area contributed by atoms with Crippen molar-refractivity contribution in [2.24, 2.45) is 7.05 Å². The van der Waals surface area contributed by atoms with Crippen molar-refractivity contribution >= 4 is 17.7 Å². The number of hydrogen-bond acceptors (Lipinski definition) is 5. The molecule has 1 amide bonds. The lowest BCUT2D eigenvalue weighted by Gasteiger charge is -2.32. The first-order valence-corrected chi connectivity index (χ1v) is 9.56. The van der Waals surface area contributed by atoms with Gasteiger partial charge in [0.05, 0.1) is 18.5 Å². The second kappa shape index (κ2) is 8.01. The van der Waals surface area contributed by atoms with Crippen LogP contribution in [0.25, 0.3) is 11.4 Å². The molecule has 2 heterocycles. The smallest absolute Gasteiger partial charge is 0.233 e. The second-order valence-electron chi connectivity index (χ2n) is 6.21. The van der Waals surface area contributed by atoms with Gasteiger partial charge in [-0.3, -0.25) is 4.79 Å². The van der Waals surface area contributed by atoms with Crippen LogP contribution in [-0.4, -0.2) is 57.1 Å². The third-order valence-corrected chi connectivity index (χ3v) is 5.50. The van der Waals surface area contributed by atoms with Gasteiger partial charge < -0.3 is 14.2 Å². The largest absolute Gasteiger partial charge is 0.375 e. The SMILES string of the molecule is CC[C@@H]1CN(C(=O)CSc2nnc(-c3ccccc3C)n2C)CCO1. The minimum Gasteiger partial charge on any atom is -0.375 e. The molecule has 1 aromatic carbocycles. The van der Waals surface area contributed by atoms with Crippen molar-refractivity contribution in [2.75, 3.05) is 25.4 Å². The van der Waals surface area contributed by atoms with Crippen LogP contribution in [-0.2, 0) is 16.6 Å². The molecule has 7 heteroatoms. The number of benzene rings is 1. The average molecular weight is 360 g/mol. The fourth-order valence-corrected chi connectivity index (χ4v) is 3.72. The number of nitrogens with zero attached hydrogens (tertiary/aromatic N) is 4. The Kier molecular flexibility index (Phi) is 5.75. The molecule has 0 bridgehead atoms. The predicted molar refractivity (Wildman–Crippen MR) is 98.5 cm³/mol. The zero-order valence-corrected chi connectivity index (χ0v) is 15.8. The standard InChI is InChI=1S/C18H24N4O2S/c1-4-14-11-22(9-10-24-14)16(23)12-25-18-20-19-17(21(18)3)15-8-6-5-7-13(15)2/h5-8,14H,4,9-12H2,1-3H3/t14-/m1/s1. The number of aryl methyl sites for hydroxylation is 1. The quantitative estimate of drug-likeness (QED) is 0.767. The molecule has 134 valence electrons. The summed E-state index contributed by atoms with van der Waals surface area (Å²) in [6, 6.07) is 8.10. The molecule has 0 spiro atoms. The topological polar surface area (TPSA) is 60.2 Å². The Balaban J connectivity index is 1.64. The van der Waals surface area contributed by atoms with E-state index in [2.05, 4.69) is 30.1 Å². The zero-order valence-electron chi connectivity index (χ0n) is 14.9. The maximum Gasteiger partial charge on any atom is 0.233 e. The van der Waals surface area contributed by atoms with E-state index in [9.17, 15) is 4.79 Å². The molecule has 0 saturated carbocycles. The number of ether oxygens (including phenoxy) is 1. The highest BCUT2D eigenvalue weighted by molar-refractivity contribution is 7.99. The van der Waals surface area contributed by atoms with E-state index < -0.39 is 0 Å². The van der Waals surface area contributed by atoms with Gasteiger partial charge >= 0.3 is 0 Å². The average Bonchev–Trinajstić information content (AvgIpc) is 3.00. The lowest BCUT2D eigenvalue weighted by atomic mass is 10.1. The van der Waals surface area contributed by atoms with Crippen LogP contribution in [0.15, 0.2) is 29.4 Å². The number of thioether (sulfide) groups is 1. The fraction of sp³-hybridized carbons (Fsp3) is 0.500. The van der Waals surface area contributed by atoms with Crippen molar-refractivity contribution in [3.8, 4) is 11.4 Å². The molecule has 0 unspecified atom stereocenters. The monoisotopic (exact) mass is 360 g/mol. The lowest BCUT2D eigenvalue weighted by molar-refractivity contribution is -0.135. The summed E-state index contributed by atoms with van der Waals surface area (Å²) < 4.78 is 7.58. The summed E-state index contributed by atoms with van der Waals surface area (Å²) in [6.45, 7) is 6.12. The molecule has 25 heavy (non-hydrogen) atoms. The number of aromatic nitrogens is 3. The summed E-state index contributed by atoms with van der Waals surface area (Å²) in [6.07, 6.45) is 1.09. The van der Waals surface area contributed by atoms with Crippen molar-refractivity contribution in [3.05, 3.63) is 29.8 Å². The summed E-state index contributed by atoms with van der Waals surface area (Å²) in [4.78, 5) is 14.4. The Hall–Kier alpha value is -1.86. The van der Waals surface area contributed by atoms with Gasteiger partial charge in [0, 0.05) is 25.7 Å². The van der Waals surface area contributed by atoms with E-state index in [4.69, 9.17) is 4.74 Å². The number of carbonyl (C=O) groups is 1. The maximum atomic E-state index is 12.5. The molecule has 1 aliphatic rings. The van der Waals surface area contributed by atoms with E-state index in [1.54, 1.807) is 0 Å². The highest BCUT2D eigenvalue weighted by Gasteiger charge is 2.23. The highest BCUT2D eigenvalue weighted by Crippen LogP contribution is 2.25. The van der Waals surface area contributed by atoms with E-state index in [-0.39, 0.29) is 12.0 Å². The van der Waals surface area contributed by atoms with Crippen LogP contribution in [0.4, 0.5) is 0 Å². The van der Waals surface area contributed by atoms with Crippen LogP contribution in [0.2, 0.25) is 0 Å². The number of hydrogen-bond donors (Lipinski definition) is 0.